The fourth-order valence-corrected chi connectivity index (χ4v) is 1.65. The van der Waals surface area contributed by atoms with Gasteiger partial charge < -0.3 is 0 Å². The Balaban J connectivity index is 3.52. The zero-order valence-electron chi connectivity index (χ0n) is 8.51. The van der Waals surface area contributed by atoms with Gasteiger partial charge in [0.15, 0.2) is 0 Å². The summed E-state index contributed by atoms with van der Waals surface area (Å²) in [4.78, 5) is 0. The van der Waals surface area contributed by atoms with Crippen molar-refractivity contribution in [1.82, 2.24) is 0 Å². The molecule has 0 aliphatic heterocycles. The van der Waals surface area contributed by atoms with E-state index < -0.39 is 0 Å². The van der Waals surface area contributed by atoms with Gasteiger partial charge in [0.05, 0.1) is 0 Å². The first kappa shape index (κ1) is 12.7. The first-order valence-corrected chi connectivity index (χ1v) is 5.88. The summed E-state index contributed by atoms with van der Waals surface area (Å²) in [5.74, 6) is 0. The molecule has 0 saturated carbocycles. The van der Waals surface area contributed by atoms with Crippen molar-refractivity contribution in [3.8, 4) is 0 Å². The van der Waals surface area contributed by atoms with Gasteiger partial charge in [-0.05, 0) is 25.7 Å². The van der Waals surface area contributed by atoms with E-state index in [4.69, 9.17) is 0 Å². The smallest absolute Gasteiger partial charge is 0.00991 e. The van der Waals surface area contributed by atoms with E-state index in [1.165, 1.54) is 25.7 Å². The second-order valence-corrected chi connectivity index (χ2v) is 5.64. The molecule has 0 fully saturated rings. The van der Waals surface area contributed by atoms with Crippen LogP contribution in [0.5, 0.6) is 0 Å². The van der Waals surface area contributed by atoms with Crippen LogP contribution in [0.1, 0.15) is 52.9 Å². The molecule has 0 aromatic rings. The third-order valence-corrected chi connectivity index (χ3v) is 3.46. The van der Waals surface area contributed by atoms with Crippen molar-refractivity contribution >= 4 is 25.3 Å². The van der Waals surface area contributed by atoms with E-state index in [1.807, 2.05) is 0 Å². The van der Waals surface area contributed by atoms with Crippen LogP contribution in [0.25, 0.3) is 0 Å². The summed E-state index contributed by atoms with van der Waals surface area (Å²) < 4.78 is 0.217. The average molecular weight is 206 g/mol. The molecule has 0 aliphatic carbocycles. The highest BCUT2D eigenvalue weighted by Crippen LogP contribution is 2.26. The molecule has 12 heavy (non-hydrogen) atoms. The second-order valence-electron chi connectivity index (χ2n) is 3.83. The molecule has 2 atom stereocenters. The lowest BCUT2D eigenvalue weighted by molar-refractivity contribution is 0.529. The highest BCUT2D eigenvalue weighted by molar-refractivity contribution is 7.81. The molecule has 0 bridgehead atoms. The first-order valence-electron chi connectivity index (χ1n) is 4.92. The maximum atomic E-state index is 4.60. The summed E-state index contributed by atoms with van der Waals surface area (Å²) in [6.45, 7) is 6.62. The summed E-state index contributed by atoms with van der Waals surface area (Å²) in [5, 5.41) is 0.577. The fourth-order valence-electron chi connectivity index (χ4n) is 1.13. The Morgan fingerprint density at radius 3 is 2.25 bits per heavy atom. The third-order valence-electron chi connectivity index (χ3n) is 2.40. The molecule has 0 saturated heterocycles. The summed E-state index contributed by atoms with van der Waals surface area (Å²) in [6, 6.07) is 0. The molecule has 2 heteroatoms. The quantitative estimate of drug-likeness (QED) is 0.604. The average Bonchev–Trinajstić information content (AvgIpc) is 2.02. The maximum Gasteiger partial charge on any atom is 0.00991 e. The van der Waals surface area contributed by atoms with Gasteiger partial charge in [-0.1, -0.05) is 27.2 Å². The Hall–Kier alpha value is 0.700. The number of rotatable bonds is 6. The zero-order chi connectivity index (χ0) is 9.61. The molecular weight excluding hydrogens is 184 g/mol. The number of hydrogen-bond acceptors (Lipinski definition) is 2. The van der Waals surface area contributed by atoms with Crippen LogP contribution in [-0.4, -0.2) is 10.00 Å². The van der Waals surface area contributed by atoms with Crippen molar-refractivity contribution in [2.45, 2.75) is 62.9 Å². The molecule has 0 aliphatic rings. The topological polar surface area (TPSA) is 0 Å². The number of thiol groups is 2. The van der Waals surface area contributed by atoms with Gasteiger partial charge in [0.2, 0.25) is 0 Å². The molecular formula is C10H22S2. The van der Waals surface area contributed by atoms with E-state index in [0.717, 1.165) is 6.42 Å². The maximum absolute atomic E-state index is 4.60. The molecule has 0 N–H and O–H groups in total. The molecule has 0 aromatic carbocycles. The van der Waals surface area contributed by atoms with Gasteiger partial charge in [-0.2, -0.15) is 25.3 Å². The summed E-state index contributed by atoms with van der Waals surface area (Å²) in [6.07, 6.45) is 5.99. The molecule has 0 radical (unpaired) electrons. The zero-order valence-corrected chi connectivity index (χ0v) is 10.3. The fraction of sp³-hybridized carbons (Fsp3) is 1.00. The van der Waals surface area contributed by atoms with E-state index in [-0.39, 0.29) is 4.75 Å². The largest absolute Gasteiger partial charge is 0.176 e. The SMILES string of the molecule is CCC[C@H](S)CCC(C)(S)CC. The van der Waals surface area contributed by atoms with Gasteiger partial charge in [0.1, 0.15) is 0 Å². The van der Waals surface area contributed by atoms with Gasteiger partial charge in [-0.25, -0.2) is 0 Å². The van der Waals surface area contributed by atoms with Gasteiger partial charge in [-0.15, -0.1) is 0 Å². The van der Waals surface area contributed by atoms with Crippen LogP contribution in [0.2, 0.25) is 0 Å². The van der Waals surface area contributed by atoms with Crippen LogP contribution in [-0.2, 0) is 0 Å². The van der Waals surface area contributed by atoms with Crippen molar-refractivity contribution in [2.75, 3.05) is 0 Å². The molecule has 74 valence electrons. The van der Waals surface area contributed by atoms with Crippen LogP contribution in [0, 0.1) is 0 Å². The van der Waals surface area contributed by atoms with Crippen LogP contribution in [0.3, 0.4) is 0 Å². The highest BCUT2D eigenvalue weighted by atomic mass is 32.1. The summed E-state index contributed by atoms with van der Waals surface area (Å²) in [5.41, 5.74) is 0. The Bertz CT molecular complexity index is 110. The van der Waals surface area contributed by atoms with Gasteiger partial charge >= 0.3 is 0 Å². The molecule has 0 rings (SSSR count). The van der Waals surface area contributed by atoms with Crippen LogP contribution < -0.4 is 0 Å². The summed E-state index contributed by atoms with van der Waals surface area (Å²) >= 11 is 9.12. The van der Waals surface area contributed by atoms with Crippen molar-refractivity contribution in [2.24, 2.45) is 0 Å². The number of hydrogen-bond donors (Lipinski definition) is 2. The standard InChI is InChI=1S/C10H22S2/c1-4-6-9(11)7-8-10(3,12)5-2/h9,11-12H,4-8H2,1-3H3/t9-,10?/m0/s1. The molecule has 0 spiro atoms. The van der Waals surface area contributed by atoms with Crippen molar-refractivity contribution < 1.29 is 0 Å². The van der Waals surface area contributed by atoms with Gasteiger partial charge in [0, 0.05) is 10.00 Å². The lowest BCUT2D eigenvalue weighted by atomic mass is 9.99. The van der Waals surface area contributed by atoms with E-state index in [1.54, 1.807) is 0 Å². The van der Waals surface area contributed by atoms with E-state index in [9.17, 15) is 0 Å². The van der Waals surface area contributed by atoms with Crippen molar-refractivity contribution in [3.05, 3.63) is 0 Å². The lowest BCUT2D eigenvalue weighted by Gasteiger charge is -2.22. The third kappa shape index (κ3) is 6.24. The van der Waals surface area contributed by atoms with Crippen LogP contribution in [0.4, 0.5) is 0 Å². The molecule has 1 unspecified atom stereocenters. The van der Waals surface area contributed by atoms with Crippen molar-refractivity contribution in [3.63, 3.8) is 0 Å². The Morgan fingerprint density at radius 1 is 1.25 bits per heavy atom. The summed E-state index contributed by atoms with van der Waals surface area (Å²) in [7, 11) is 0. The van der Waals surface area contributed by atoms with Crippen molar-refractivity contribution in [1.29, 1.82) is 0 Å². The minimum atomic E-state index is 0.217. The normalized spacial score (nSPS) is 18.8. The molecule has 0 nitrogen and oxygen atoms in total. The predicted molar refractivity (Wildman–Crippen MR) is 64.6 cm³/mol. The Kier molecular flexibility index (Phi) is 6.56. The van der Waals surface area contributed by atoms with E-state index in [2.05, 4.69) is 46.0 Å². The molecule has 0 amide bonds. The van der Waals surface area contributed by atoms with Crippen LogP contribution in [0.15, 0.2) is 0 Å². The van der Waals surface area contributed by atoms with Gasteiger partial charge in [0.25, 0.3) is 0 Å². The minimum Gasteiger partial charge on any atom is -0.176 e. The Labute approximate surface area is 88.3 Å². The first-order chi connectivity index (χ1) is 5.52. The van der Waals surface area contributed by atoms with E-state index in [0.29, 0.717) is 5.25 Å². The molecule has 0 aromatic heterocycles. The lowest BCUT2D eigenvalue weighted by Crippen LogP contribution is -2.16. The molecule has 0 heterocycles. The predicted octanol–water partition coefficient (Wildman–Crippen LogP) is 3.96. The minimum absolute atomic E-state index is 0.217. The van der Waals surface area contributed by atoms with Gasteiger partial charge in [-0.3, -0.25) is 0 Å². The monoisotopic (exact) mass is 206 g/mol. The second kappa shape index (κ2) is 6.20. The van der Waals surface area contributed by atoms with Crippen LogP contribution >= 0.6 is 25.3 Å². The highest BCUT2D eigenvalue weighted by Gasteiger charge is 2.17. The Morgan fingerprint density at radius 2 is 1.83 bits per heavy atom. The van der Waals surface area contributed by atoms with E-state index >= 15 is 0 Å².